The number of aromatic nitrogens is 1. The second-order valence-electron chi connectivity index (χ2n) is 7.47. The lowest BCUT2D eigenvalue weighted by Gasteiger charge is -2.17. The average molecular weight is 517 g/mol. The third-order valence-corrected chi connectivity index (χ3v) is 6.12. The Hall–Kier alpha value is -2.82. The van der Waals surface area contributed by atoms with E-state index >= 15 is 0 Å². The zero-order chi connectivity index (χ0) is 24.5. The molecule has 0 saturated carbocycles. The third kappa shape index (κ3) is 5.99. The summed E-state index contributed by atoms with van der Waals surface area (Å²) in [4.78, 5) is 8.43. The van der Waals surface area contributed by atoms with Crippen LogP contribution in [0.1, 0.15) is 11.1 Å². The Balaban J connectivity index is 0.000000499. The van der Waals surface area contributed by atoms with E-state index in [0.717, 1.165) is 38.3 Å². The van der Waals surface area contributed by atoms with Crippen molar-refractivity contribution in [3.63, 3.8) is 0 Å². The molecular formula is C24H18Cl2N2O5S. The first-order valence-electron chi connectivity index (χ1n) is 9.95. The van der Waals surface area contributed by atoms with Gasteiger partial charge in [0.25, 0.3) is 0 Å². The summed E-state index contributed by atoms with van der Waals surface area (Å²) in [5.74, 6) is 0.758. The van der Waals surface area contributed by atoms with Gasteiger partial charge in [0.1, 0.15) is 16.9 Å². The number of fused-ring (bicyclic) bond motifs is 2. The minimum atomic E-state index is -4.94. The molecule has 0 fully saturated rings. The Kier molecular flexibility index (Phi) is 7.01. The zero-order valence-electron chi connectivity index (χ0n) is 18.0. The molecule has 0 atom stereocenters. The quantitative estimate of drug-likeness (QED) is 0.353. The zero-order valence-corrected chi connectivity index (χ0v) is 20.3. The molecule has 2 aromatic heterocycles. The van der Waals surface area contributed by atoms with Crippen LogP contribution < -0.4 is 29.0 Å². The first-order valence-corrected chi connectivity index (χ1v) is 12.4. The number of aromatic amines is 1. The lowest BCUT2D eigenvalue weighted by atomic mass is 10.1. The number of para-hydroxylation sites is 1. The number of thiazole rings is 1. The molecule has 3 aromatic carbocycles. The molecular weight excluding hydrogens is 499 g/mol. The highest BCUT2D eigenvalue weighted by atomic mass is 35.7. The lowest BCUT2D eigenvalue weighted by molar-refractivity contribution is -2.00. The van der Waals surface area contributed by atoms with Crippen molar-refractivity contribution in [1.29, 1.82) is 0 Å². The predicted molar refractivity (Wildman–Crippen MR) is 120 cm³/mol. The normalized spacial score (nSPS) is 12.1. The van der Waals surface area contributed by atoms with Gasteiger partial charge in [0.2, 0.25) is 0 Å². The van der Waals surface area contributed by atoms with E-state index in [2.05, 4.69) is 49.2 Å². The molecule has 2 heterocycles. The van der Waals surface area contributed by atoms with E-state index in [4.69, 9.17) is 39.6 Å². The number of halogens is 2. The summed E-state index contributed by atoms with van der Waals surface area (Å²) in [6.07, 6.45) is 0. The van der Waals surface area contributed by atoms with Crippen LogP contribution >= 0.6 is 22.9 Å². The molecule has 34 heavy (non-hydrogen) atoms. The molecule has 0 unspecified atom stereocenters. The van der Waals surface area contributed by atoms with Crippen molar-refractivity contribution in [3.05, 3.63) is 88.2 Å². The summed E-state index contributed by atoms with van der Waals surface area (Å²) >= 11 is 7.70. The van der Waals surface area contributed by atoms with Crippen molar-refractivity contribution in [2.45, 2.75) is 13.8 Å². The summed E-state index contributed by atoms with van der Waals surface area (Å²) in [5, 5.41) is 3.43. The molecule has 0 aliphatic heterocycles. The monoisotopic (exact) mass is 516 g/mol. The summed E-state index contributed by atoms with van der Waals surface area (Å²) in [6, 6.07) is 22.1. The maximum absolute atomic E-state index is 8.49. The Morgan fingerprint density at radius 3 is 2.32 bits per heavy atom. The van der Waals surface area contributed by atoms with E-state index in [1.165, 1.54) is 15.8 Å². The van der Waals surface area contributed by atoms with E-state index < -0.39 is 10.2 Å². The molecule has 1 N–H and O–H groups in total. The summed E-state index contributed by atoms with van der Waals surface area (Å²) in [7, 11) is -4.94. The molecule has 5 aromatic rings. The fourth-order valence-electron chi connectivity index (χ4n) is 3.41. The number of nitrogens with zero attached hydrogens (tertiary/aromatic N) is 1. The highest BCUT2D eigenvalue weighted by molar-refractivity contribution is 7.21. The molecule has 0 amide bonds. The van der Waals surface area contributed by atoms with Crippen LogP contribution in [0.5, 0.6) is 0 Å². The number of H-pyrrole nitrogens is 1. The predicted octanol–water partition coefficient (Wildman–Crippen LogP) is 1.88. The van der Waals surface area contributed by atoms with Gasteiger partial charge < -0.3 is 4.42 Å². The van der Waals surface area contributed by atoms with E-state index in [1.54, 1.807) is 11.3 Å². The van der Waals surface area contributed by atoms with Crippen molar-refractivity contribution in [3.8, 4) is 11.3 Å². The van der Waals surface area contributed by atoms with Gasteiger partial charge in [-0.05, 0) is 78.2 Å². The Bertz CT molecular complexity index is 1530. The molecule has 5 rings (SSSR count). The standard InChI is InChI=1S/C24H17ClN2OS.ClHO4/c1-14-6-11-20-18(12-14)19(13-21(28-20)16-7-9-17(25)10-8-16)26-24-27-23-15(2)4-3-5-22(23)29-24;2-1(3,4)5/h3-13H,1-2H3;(H,2,3,4,5)/b26-19+;. The SMILES string of the molecule is Cc1ccc2oc(-c3ccc(Cl)cc3)c/c(=N\c3[nH+]c4c(C)cccc4s3)c2c1.[O-][Cl+3]([O-])([O-])[O-]. The summed E-state index contributed by atoms with van der Waals surface area (Å²) in [6.45, 7) is 4.18. The fourth-order valence-corrected chi connectivity index (χ4v) is 4.51. The molecule has 0 spiro atoms. The summed E-state index contributed by atoms with van der Waals surface area (Å²) < 4.78 is 41.4. The first-order chi connectivity index (χ1) is 16.1. The maximum atomic E-state index is 8.49. The molecule has 0 bridgehead atoms. The molecule has 0 radical (unpaired) electrons. The van der Waals surface area contributed by atoms with E-state index in [0.29, 0.717) is 5.02 Å². The number of rotatable bonds is 2. The Morgan fingerprint density at radius 1 is 0.941 bits per heavy atom. The minimum absolute atomic E-state index is 0.699. The average Bonchev–Trinajstić information content (AvgIpc) is 3.17. The van der Waals surface area contributed by atoms with Gasteiger partial charge in [-0.1, -0.05) is 35.4 Å². The number of benzene rings is 3. The van der Waals surface area contributed by atoms with Crippen LogP contribution in [0.4, 0.5) is 5.13 Å². The number of nitrogens with one attached hydrogen (secondary N) is 1. The molecule has 7 nitrogen and oxygen atoms in total. The van der Waals surface area contributed by atoms with Crippen molar-refractivity contribution in [1.82, 2.24) is 0 Å². The van der Waals surface area contributed by atoms with Crippen LogP contribution in [-0.4, -0.2) is 0 Å². The highest BCUT2D eigenvalue weighted by Gasteiger charge is 2.14. The second-order valence-corrected chi connectivity index (χ2v) is 9.70. The minimum Gasteiger partial charge on any atom is -0.456 e. The second kappa shape index (κ2) is 9.81. The lowest BCUT2D eigenvalue weighted by Crippen LogP contribution is -2.68. The molecule has 0 saturated heterocycles. The van der Waals surface area contributed by atoms with E-state index in [-0.39, 0.29) is 0 Å². The molecule has 174 valence electrons. The smallest absolute Gasteiger partial charge is 0.381 e. The van der Waals surface area contributed by atoms with Gasteiger partial charge in [0, 0.05) is 16.7 Å². The number of hydrogen-bond acceptors (Lipinski definition) is 7. The van der Waals surface area contributed by atoms with Gasteiger partial charge >= 0.3 is 5.13 Å². The number of hydrogen-bond donors (Lipinski definition) is 0. The van der Waals surface area contributed by atoms with Gasteiger partial charge in [0.05, 0.1) is 10.1 Å². The Morgan fingerprint density at radius 2 is 1.65 bits per heavy atom. The van der Waals surface area contributed by atoms with E-state index in [1.807, 2.05) is 36.4 Å². The van der Waals surface area contributed by atoms with Crippen LogP contribution in [-0.2, 0) is 0 Å². The molecule has 0 aliphatic rings. The van der Waals surface area contributed by atoms with Crippen molar-refractivity contribution in [2.75, 3.05) is 0 Å². The van der Waals surface area contributed by atoms with Crippen molar-refractivity contribution < 1.29 is 38.3 Å². The van der Waals surface area contributed by atoms with Crippen LogP contribution in [0.3, 0.4) is 0 Å². The van der Waals surface area contributed by atoms with Crippen LogP contribution in [0.2, 0.25) is 5.02 Å². The molecule has 10 heteroatoms. The van der Waals surface area contributed by atoms with Crippen molar-refractivity contribution in [2.24, 2.45) is 4.99 Å². The van der Waals surface area contributed by atoms with E-state index in [9.17, 15) is 0 Å². The van der Waals surface area contributed by atoms with Crippen molar-refractivity contribution >= 4 is 49.3 Å². The third-order valence-electron chi connectivity index (χ3n) is 4.92. The Labute approximate surface area is 205 Å². The van der Waals surface area contributed by atoms with Gasteiger partial charge in [-0.25, -0.2) is 23.6 Å². The van der Waals surface area contributed by atoms with Crippen LogP contribution in [0, 0.1) is 24.1 Å². The van der Waals surface area contributed by atoms with Crippen LogP contribution in [0.15, 0.2) is 76.1 Å². The fraction of sp³-hybridized carbons (Fsp3) is 0.0833. The first kappa shape index (κ1) is 24.3. The molecule has 0 aliphatic carbocycles. The largest absolute Gasteiger partial charge is 0.456 e. The number of aryl methyl sites for hydroxylation is 2. The van der Waals surface area contributed by atoms with Gasteiger partial charge in [-0.3, -0.25) is 0 Å². The topological polar surface area (TPSA) is 132 Å². The van der Waals surface area contributed by atoms with Gasteiger partial charge in [-0.2, -0.15) is 0 Å². The summed E-state index contributed by atoms with van der Waals surface area (Å²) in [5.41, 5.74) is 5.28. The highest BCUT2D eigenvalue weighted by Crippen LogP contribution is 2.27. The maximum Gasteiger partial charge on any atom is 0.381 e. The van der Waals surface area contributed by atoms with Crippen LogP contribution in [0.25, 0.3) is 32.5 Å². The van der Waals surface area contributed by atoms with Gasteiger partial charge in [-0.15, -0.1) is 10.2 Å². The van der Waals surface area contributed by atoms with Gasteiger partial charge in [0.15, 0.2) is 5.36 Å².